The summed E-state index contributed by atoms with van der Waals surface area (Å²) in [6, 6.07) is 0. The smallest absolute Gasteiger partial charge is 0.306 e. The number of carbonyl (C=O) groups is 3. The van der Waals surface area contributed by atoms with Crippen LogP contribution in [-0.2, 0) is 28.6 Å². The number of ether oxygens (including phenoxy) is 3. The zero-order valence-electron chi connectivity index (χ0n) is 45.8. The molecule has 0 spiro atoms. The van der Waals surface area contributed by atoms with Crippen LogP contribution >= 0.6 is 0 Å². The average Bonchev–Trinajstić information content (AvgIpc) is 3.36. The van der Waals surface area contributed by atoms with Crippen molar-refractivity contribution in [3.8, 4) is 0 Å². The van der Waals surface area contributed by atoms with Gasteiger partial charge >= 0.3 is 17.9 Å². The fourth-order valence-corrected chi connectivity index (χ4v) is 7.96. The molecule has 0 saturated carbocycles. The van der Waals surface area contributed by atoms with E-state index in [2.05, 4.69) is 118 Å². The molecule has 0 fully saturated rings. The summed E-state index contributed by atoms with van der Waals surface area (Å²) in [4.78, 5) is 38.2. The zero-order valence-corrected chi connectivity index (χ0v) is 45.8. The largest absolute Gasteiger partial charge is 0.462 e. The lowest BCUT2D eigenvalue weighted by Gasteiger charge is -2.18. The first kappa shape index (κ1) is 66.3. The minimum atomic E-state index is -0.813. The molecule has 0 amide bonds. The predicted molar refractivity (Wildman–Crippen MR) is 302 cm³/mol. The maximum Gasteiger partial charge on any atom is 0.306 e. The second-order valence-electron chi connectivity index (χ2n) is 19.2. The third-order valence-electron chi connectivity index (χ3n) is 12.3. The van der Waals surface area contributed by atoms with Gasteiger partial charge in [0.25, 0.3) is 0 Å². The number of unbranched alkanes of at least 4 members (excludes halogenated alkanes) is 25. The van der Waals surface area contributed by atoms with Gasteiger partial charge in [-0.05, 0) is 96.3 Å². The van der Waals surface area contributed by atoms with Crippen molar-refractivity contribution < 1.29 is 28.6 Å². The Hall–Kier alpha value is -3.67. The predicted octanol–water partition coefficient (Wildman–Crippen LogP) is 19.7. The Balaban J connectivity index is 4.49. The van der Waals surface area contributed by atoms with Gasteiger partial charge in [-0.1, -0.05) is 253 Å². The summed E-state index contributed by atoms with van der Waals surface area (Å²) >= 11 is 0. The highest BCUT2D eigenvalue weighted by atomic mass is 16.6. The van der Waals surface area contributed by atoms with E-state index >= 15 is 0 Å². The Labute approximate surface area is 432 Å². The van der Waals surface area contributed by atoms with Crippen LogP contribution in [0.25, 0.3) is 0 Å². The van der Waals surface area contributed by atoms with Gasteiger partial charge in [-0.3, -0.25) is 14.4 Å². The minimum absolute atomic E-state index is 0.103. The van der Waals surface area contributed by atoms with Crippen LogP contribution in [0.2, 0.25) is 0 Å². The maximum atomic E-state index is 12.8. The molecular weight excluding hydrogens is 865 g/mol. The Morgan fingerprint density at radius 2 is 0.571 bits per heavy atom. The molecule has 0 unspecified atom stereocenters. The lowest BCUT2D eigenvalue weighted by Crippen LogP contribution is -2.30. The Bertz CT molecular complexity index is 1400. The number of hydrogen-bond acceptors (Lipinski definition) is 6. The molecule has 0 bridgehead atoms. The fraction of sp³-hybridized carbons (Fsp3) is 0.703. The van der Waals surface area contributed by atoms with Gasteiger partial charge in [0.2, 0.25) is 0 Å². The molecule has 0 radical (unpaired) electrons. The molecule has 400 valence electrons. The summed E-state index contributed by atoms with van der Waals surface area (Å²) in [5.74, 6) is -0.969. The van der Waals surface area contributed by atoms with Crippen molar-refractivity contribution in [3.63, 3.8) is 0 Å². The molecule has 6 heteroatoms. The summed E-state index contributed by atoms with van der Waals surface area (Å²) in [7, 11) is 0. The van der Waals surface area contributed by atoms with E-state index < -0.39 is 6.10 Å². The van der Waals surface area contributed by atoms with Crippen molar-refractivity contribution in [2.24, 2.45) is 0 Å². The fourth-order valence-electron chi connectivity index (χ4n) is 7.96. The van der Waals surface area contributed by atoms with E-state index in [0.29, 0.717) is 19.3 Å². The molecule has 0 rings (SSSR count). The molecule has 0 aromatic heterocycles. The third kappa shape index (κ3) is 55.3. The van der Waals surface area contributed by atoms with E-state index in [1.807, 2.05) is 0 Å². The van der Waals surface area contributed by atoms with Crippen LogP contribution in [0.3, 0.4) is 0 Å². The van der Waals surface area contributed by atoms with Gasteiger partial charge in [-0.25, -0.2) is 0 Å². The van der Waals surface area contributed by atoms with Gasteiger partial charge < -0.3 is 14.2 Å². The van der Waals surface area contributed by atoms with Crippen LogP contribution < -0.4 is 0 Å². The van der Waals surface area contributed by atoms with E-state index in [0.717, 1.165) is 103 Å². The lowest BCUT2D eigenvalue weighted by molar-refractivity contribution is -0.167. The topological polar surface area (TPSA) is 78.9 Å². The number of hydrogen-bond donors (Lipinski definition) is 0. The summed E-state index contributed by atoms with van der Waals surface area (Å²) < 4.78 is 16.8. The summed E-state index contributed by atoms with van der Waals surface area (Å²) in [6.07, 6.45) is 76.8. The molecule has 1 atom stereocenters. The molecule has 0 saturated heterocycles. The number of esters is 3. The van der Waals surface area contributed by atoms with E-state index in [4.69, 9.17) is 14.2 Å². The molecule has 0 heterocycles. The summed E-state index contributed by atoms with van der Waals surface area (Å²) in [6.45, 7) is 6.46. The second-order valence-corrected chi connectivity index (χ2v) is 19.2. The normalized spacial score (nSPS) is 12.8. The van der Waals surface area contributed by atoms with Gasteiger partial charge in [0.1, 0.15) is 13.2 Å². The summed E-state index contributed by atoms with van der Waals surface area (Å²) in [5.41, 5.74) is 0. The van der Waals surface area contributed by atoms with E-state index in [9.17, 15) is 14.4 Å². The van der Waals surface area contributed by atoms with Crippen LogP contribution in [0, 0.1) is 0 Å². The monoisotopic (exact) mass is 973 g/mol. The Kier molecular flexibility index (Phi) is 54.9. The first-order valence-electron chi connectivity index (χ1n) is 29.2. The first-order valence-corrected chi connectivity index (χ1v) is 29.2. The van der Waals surface area contributed by atoms with Crippen molar-refractivity contribution in [1.29, 1.82) is 0 Å². The van der Waals surface area contributed by atoms with Crippen molar-refractivity contribution in [3.05, 3.63) is 97.2 Å². The number of rotatable bonds is 52. The lowest BCUT2D eigenvalue weighted by atomic mass is 10.0. The second kappa shape index (κ2) is 57.9. The van der Waals surface area contributed by atoms with Gasteiger partial charge in [-0.2, -0.15) is 0 Å². The first-order chi connectivity index (χ1) is 34.5. The molecule has 0 aromatic carbocycles. The van der Waals surface area contributed by atoms with Crippen molar-refractivity contribution in [1.82, 2.24) is 0 Å². The van der Waals surface area contributed by atoms with Crippen molar-refractivity contribution in [2.75, 3.05) is 13.2 Å². The number of carbonyl (C=O) groups excluding carboxylic acids is 3. The highest BCUT2D eigenvalue weighted by Gasteiger charge is 2.19. The number of allylic oxidation sites excluding steroid dienone is 16. The van der Waals surface area contributed by atoms with E-state index in [-0.39, 0.29) is 37.5 Å². The maximum absolute atomic E-state index is 12.8. The zero-order chi connectivity index (χ0) is 50.7. The van der Waals surface area contributed by atoms with Gasteiger partial charge in [-0.15, -0.1) is 0 Å². The van der Waals surface area contributed by atoms with E-state index in [1.54, 1.807) is 0 Å². The highest BCUT2D eigenvalue weighted by molar-refractivity contribution is 5.71. The Morgan fingerprint density at radius 1 is 0.300 bits per heavy atom. The third-order valence-corrected chi connectivity index (χ3v) is 12.3. The molecule has 0 aliphatic heterocycles. The quantitative estimate of drug-likeness (QED) is 0.0262. The molecule has 0 aromatic rings. The molecule has 70 heavy (non-hydrogen) atoms. The molecule has 0 N–H and O–H groups in total. The Morgan fingerprint density at radius 3 is 0.943 bits per heavy atom. The van der Waals surface area contributed by atoms with Gasteiger partial charge in [0, 0.05) is 19.3 Å². The summed E-state index contributed by atoms with van der Waals surface area (Å²) in [5, 5.41) is 0. The minimum Gasteiger partial charge on any atom is -0.462 e. The molecule has 0 aliphatic rings. The average molecular weight is 974 g/mol. The highest BCUT2D eigenvalue weighted by Crippen LogP contribution is 2.15. The molecule has 0 aliphatic carbocycles. The standard InChI is InChI=1S/C64H108O6/c1-4-7-10-13-16-19-22-25-28-31-32-34-36-39-42-45-48-51-54-57-63(66)69-60-61(59-68-62(65)56-53-50-47-44-41-38-35-30-27-24-21-18-15-12-9-6-3)70-64(67)58-55-52-49-46-43-40-37-33-29-26-23-20-17-14-11-8-5-2/h8,11,16-17,19-20,25-26,28-29,32,34,37,40,46,49,61H,4-7,9-10,12-15,18,21-24,27,30-31,33,35-36,38-39,41-45,47-48,50-60H2,1-3H3/b11-8-,19-16-,20-17-,28-25-,29-26-,34-32-,40-37-,49-46-/t61-/m1/s1. The molecule has 6 nitrogen and oxygen atoms in total. The van der Waals surface area contributed by atoms with E-state index in [1.165, 1.54) is 122 Å². The van der Waals surface area contributed by atoms with Gasteiger partial charge in [0.15, 0.2) is 6.10 Å². The SMILES string of the molecule is CC/C=C\C/C=C\C/C=C\C/C=C\C/C=C\CCCC(=O)O[C@@H](COC(=O)CCCCCCCC/C=C\C/C=C\C/C=C\CCCCC)COC(=O)CCCCCCCCCCCCCCCCCC. The van der Waals surface area contributed by atoms with Gasteiger partial charge in [0.05, 0.1) is 0 Å². The van der Waals surface area contributed by atoms with Crippen LogP contribution in [0.4, 0.5) is 0 Å². The van der Waals surface area contributed by atoms with Crippen LogP contribution in [0.15, 0.2) is 97.2 Å². The van der Waals surface area contributed by atoms with Crippen LogP contribution in [0.5, 0.6) is 0 Å². The van der Waals surface area contributed by atoms with Crippen LogP contribution in [-0.4, -0.2) is 37.2 Å². The van der Waals surface area contributed by atoms with Crippen molar-refractivity contribution in [2.45, 2.75) is 277 Å². The van der Waals surface area contributed by atoms with Crippen LogP contribution in [0.1, 0.15) is 271 Å². The van der Waals surface area contributed by atoms with Crippen molar-refractivity contribution >= 4 is 17.9 Å². The molecular formula is C64H108O6.